The first kappa shape index (κ1) is 22.1. The molecule has 1 aromatic heterocycles. The van der Waals surface area contributed by atoms with Crippen molar-refractivity contribution in [2.45, 2.75) is 44.3 Å². The lowest BCUT2D eigenvalue weighted by Gasteiger charge is -2.31. The number of hydrogen-bond donors (Lipinski definition) is 1. The molecule has 2 aromatic carbocycles. The molecule has 2 aliphatic heterocycles. The van der Waals surface area contributed by atoms with E-state index in [4.69, 9.17) is 0 Å². The second kappa shape index (κ2) is 9.63. The Bertz CT molecular complexity index is 1210. The second-order valence-corrected chi connectivity index (χ2v) is 8.95. The van der Waals surface area contributed by atoms with Gasteiger partial charge in [0, 0.05) is 37.6 Å². The van der Waals surface area contributed by atoms with Gasteiger partial charge in [0.2, 0.25) is 11.8 Å². The van der Waals surface area contributed by atoms with Gasteiger partial charge < -0.3 is 15.1 Å². The van der Waals surface area contributed by atoms with Crippen molar-refractivity contribution >= 4 is 28.5 Å². The first-order valence-electron chi connectivity index (χ1n) is 11.9. The molecule has 3 heterocycles. The summed E-state index contributed by atoms with van der Waals surface area (Å²) in [6.07, 6.45) is 6.20. The normalized spacial score (nSPS) is 20.0. The minimum atomic E-state index is -0.528. The number of rotatable bonds is 5. The maximum absolute atomic E-state index is 13.6. The summed E-state index contributed by atoms with van der Waals surface area (Å²) in [6.45, 7) is 1.49. The molecule has 7 heteroatoms. The monoisotopic (exact) mass is 456 g/mol. The number of likely N-dealkylation sites (tertiary alicyclic amines) is 2. The van der Waals surface area contributed by atoms with Crippen molar-refractivity contribution in [2.24, 2.45) is 0 Å². The fourth-order valence-corrected chi connectivity index (χ4v) is 5.14. The molecule has 2 fully saturated rings. The fraction of sp³-hybridized carbons (Fsp3) is 0.333. The third-order valence-corrected chi connectivity index (χ3v) is 6.87. The first-order chi connectivity index (χ1) is 16.6. The van der Waals surface area contributed by atoms with Crippen LogP contribution < -0.4 is 5.32 Å². The summed E-state index contributed by atoms with van der Waals surface area (Å²) < 4.78 is 0. The van der Waals surface area contributed by atoms with E-state index in [1.165, 1.54) is 0 Å². The summed E-state index contributed by atoms with van der Waals surface area (Å²) in [5, 5.41) is 4.85. The van der Waals surface area contributed by atoms with E-state index >= 15 is 0 Å². The van der Waals surface area contributed by atoms with E-state index in [1.807, 2.05) is 54.6 Å². The summed E-state index contributed by atoms with van der Waals surface area (Å²) in [4.78, 5) is 47.4. The van der Waals surface area contributed by atoms with Gasteiger partial charge in [-0.05, 0) is 60.2 Å². The van der Waals surface area contributed by atoms with Crippen molar-refractivity contribution in [2.75, 3.05) is 13.1 Å². The highest BCUT2D eigenvalue weighted by molar-refractivity contribution is 6.08. The number of fused-ring (bicyclic) bond motifs is 1. The van der Waals surface area contributed by atoms with Gasteiger partial charge in [0.1, 0.15) is 12.1 Å². The maximum Gasteiger partial charge on any atom is 0.255 e. The predicted octanol–water partition coefficient (Wildman–Crippen LogP) is 3.15. The predicted molar refractivity (Wildman–Crippen MR) is 129 cm³/mol. The summed E-state index contributed by atoms with van der Waals surface area (Å²) in [5.74, 6) is -0.384. The Morgan fingerprint density at radius 3 is 2.38 bits per heavy atom. The van der Waals surface area contributed by atoms with Crippen LogP contribution in [0.5, 0.6) is 0 Å². The van der Waals surface area contributed by atoms with Crippen molar-refractivity contribution in [1.29, 1.82) is 0 Å². The molecule has 0 unspecified atom stereocenters. The molecule has 3 aromatic rings. The van der Waals surface area contributed by atoms with E-state index in [0.29, 0.717) is 38.0 Å². The van der Waals surface area contributed by atoms with Gasteiger partial charge in [-0.15, -0.1) is 0 Å². The number of nitrogens with zero attached hydrogens (tertiary/aromatic N) is 3. The summed E-state index contributed by atoms with van der Waals surface area (Å²) in [7, 11) is 0. The molecule has 34 heavy (non-hydrogen) atoms. The Morgan fingerprint density at radius 2 is 1.56 bits per heavy atom. The summed E-state index contributed by atoms with van der Waals surface area (Å²) in [6, 6.07) is 16.2. The Balaban J connectivity index is 1.31. The molecule has 0 bridgehead atoms. The smallest absolute Gasteiger partial charge is 0.255 e. The van der Waals surface area contributed by atoms with Crippen molar-refractivity contribution < 1.29 is 14.4 Å². The third-order valence-electron chi connectivity index (χ3n) is 6.87. The van der Waals surface area contributed by atoms with Crippen molar-refractivity contribution in [3.63, 3.8) is 0 Å². The molecule has 3 amide bonds. The van der Waals surface area contributed by atoms with Crippen LogP contribution in [0, 0.1) is 0 Å². The molecule has 0 radical (unpaired) electrons. The van der Waals surface area contributed by atoms with Crippen molar-refractivity contribution in [3.8, 4) is 0 Å². The maximum atomic E-state index is 13.6. The number of nitrogens with one attached hydrogen (secondary N) is 1. The highest BCUT2D eigenvalue weighted by atomic mass is 16.2. The Morgan fingerprint density at radius 1 is 0.853 bits per heavy atom. The molecule has 2 aliphatic rings. The average molecular weight is 457 g/mol. The van der Waals surface area contributed by atoms with Gasteiger partial charge >= 0.3 is 0 Å². The third kappa shape index (κ3) is 4.25. The fourth-order valence-electron chi connectivity index (χ4n) is 5.14. The molecule has 5 rings (SSSR count). The van der Waals surface area contributed by atoms with Gasteiger partial charge in [0.25, 0.3) is 5.91 Å². The van der Waals surface area contributed by atoms with E-state index in [2.05, 4.69) is 10.3 Å². The van der Waals surface area contributed by atoms with Crippen LogP contribution in [0.25, 0.3) is 10.8 Å². The number of benzene rings is 2. The van der Waals surface area contributed by atoms with Crippen LogP contribution in [-0.4, -0.2) is 57.7 Å². The average Bonchev–Trinajstić information content (AvgIpc) is 3.57. The van der Waals surface area contributed by atoms with Crippen molar-refractivity contribution in [1.82, 2.24) is 20.1 Å². The number of carbonyl (C=O) groups excluding carboxylic acids is 3. The van der Waals surface area contributed by atoms with Crippen LogP contribution in [0.2, 0.25) is 0 Å². The lowest BCUT2D eigenvalue weighted by Crippen LogP contribution is -2.52. The van der Waals surface area contributed by atoms with Crippen LogP contribution in [0.1, 0.15) is 41.6 Å². The van der Waals surface area contributed by atoms with Crippen LogP contribution in [-0.2, 0) is 16.1 Å². The number of aromatic nitrogens is 1. The molecule has 2 saturated heterocycles. The van der Waals surface area contributed by atoms with Gasteiger partial charge in [-0.3, -0.25) is 19.4 Å². The Labute approximate surface area is 198 Å². The van der Waals surface area contributed by atoms with E-state index in [0.717, 1.165) is 29.2 Å². The van der Waals surface area contributed by atoms with Crippen molar-refractivity contribution in [3.05, 3.63) is 78.1 Å². The molecule has 2 atom stereocenters. The van der Waals surface area contributed by atoms with Crippen LogP contribution in [0.4, 0.5) is 0 Å². The number of amides is 3. The molecular weight excluding hydrogens is 428 g/mol. The largest absolute Gasteiger partial charge is 0.350 e. The Hall–Kier alpha value is -3.74. The van der Waals surface area contributed by atoms with E-state index in [9.17, 15) is 14.4 Å². The lowest BCUT2D eigenvalue weighted by molar-refractivity contribution is -0.141. The molecule has 7 nitrogen and oxygen atoms in total. The highest BCUT2D eigenvalue weighted by Crippen LogP contribution is 2.28. The standard InChI is InChI=1S/C27H28N4O3/c32-25(29-18-19-12-14-28-15-13-19)23-10-4-16-30(23)27(34)24-11-5-17-31(24)26(33)22-9-3-7-20-6-1-2-8-21(20)22/h1-3,6-9,12-15,23-24H,4-5,10-11,16-18H2,(H,29,32)/t23-,24+/m0/s1. The number of pyridine rings is 1. The van der Waals surface area contributed by atoms with Gasteiger partial charge in [0.15, 0.2) is 0 Å². The van der Waals surface area contributed by atoms with Gasteiger partial charge in [-0.1, -0.05) is 36.4 Å². The van der Waals surface area contributed by atoms with E-state index < -0.39 is 12.1 Å². The molecule has 0 saturated carbocycles. The number of hydrogen-bond acceptors (Lipinski definition) is 4. The first-order valence-corrected chi connectivity index (χ1v) is 11.9. The topological polar surface area (TPSA) is 82.6 Å². The molecule has 174 valence electrons. The summed E-state index contributed by atoms with van der Waals surface area (Å²) in [5.41, 5.74) is 1.58. The molecular formula is C27H28N4O3. The molecule has 0 aliphatic carbocycles. The zero-order valence-corrected chi connectivity index (χ0v) is 19.0. The van der Waals surface area contributed by atoms with Crippen LogP contribution in [0.3, 0.4) is 0 Å². The summed E-state index contributed by atoms with van der Waals surface area (Å²) >= 11 is 0. The highest BCUT2D eigenvalue weighted by Gasteiger charge is 2.42. The SMILES string of the molecule is O=C(NCc1ccncc1)[C@@H]1CCCN1C(=O)[C@H]1CCCN1C(=O)c1cccc2ccccc12. The molecule has 0 spiro atoms. The number of carbonyl (C=O) groups is 3. The molecule has 1 N–H and O–H groups in total. The quantitative estimate of drug-likeness (QED) is 0.640. The minimum absolute atomic E-state index is 0.118. The van der Waals surface area contributed by atoms with E-state index in [1.54, 1.807) is 22.2 Å². The van der Waals surface area contributed by atoms with Crippen LogP contribution in [0.15, 0.2) is 67.0 Å². The van der Waals surface area contributed by atoms with Gasteiger partial charge in [-0.25, -0.2) is 0 Å². The van der Waals surface area contributed by atoms with E-state index in [-0.39, 0.29) is 17.7 Å². The van der Waals surface area contributed by atoms with Gasteiger partial charge in [-0.2, -0.15) is 0 Å². The van der Waals surface area contributed by atoms with Crippen LogP contribution >= 0.6 is 0 Å². The van der Waals surface area contributed by atoms with Gasteiger partial charge in [0.05, 0.1) is 0 Å². The Kier molecular flexibility index (Phi) is 6.25. The zero-order valence-electron chi connectivity index (χ0n) is 19.0. The second-order valence-electron chi connectivity index (χ2n) is 8.95. The lowest BCUT2D eigenvalue weighted by atomic mass is 10.0. The minimum Gasteiger partial charge on any atom is -0.350 e. The zero-order chi connectivity index (χ0) is 23.5.